The van der Waals surface area contributed by atoms with Crippen molar-refractivity contribution in [2.24, 2.45) is 0 Å². The summed E-state index contributed by atoms with van der Waals surface area (Å²) >= 11 is 0. The Kier molecular flexibility index (Phi) is 4.81. The SMILES string of the molecule is CON(C)S(=O)(=O)c1ccc(C(=O)O)cc1OC(F)(F)F. The molecule has 1 N–H and O–H groups in total. The number of carboxylic acid groups (broad SMARTS) is 1. The number of nitrogens with zero attached hydrogens (tertiary/aromatic N) is 1. The van der Waals surface area contributed by atoms with Gasteiger partial charge in [-0.2, -0.15) is 0 Å². The number of halogens is 3. The van der Waals surface area contributed by atoms with Crippen molar-refractivity contribution in [3.8, 4) is 5.75 Å². The van der Waals surface area contributed by atoms with E-state index in [9.17, 15) is 26.4 Å². The average Bonchev–Trinajstić information content (AvgIpc) is 2.35. The number of carboxylic acids is 1. The summed E-state index contributed by atoms with van der Waals surface area (Å²) in [5.74, 6) is -2.70. The van der Waals surface area contributed by atoms with Crippen molar-refractivity contribution in [3.05, 3.63) is 23.8 Å². The molecule has 0 aliphatic carbocycles. The van der Waals surface area contributed by atoms with Gasteiger partial charge in [0.05, 0.1) is 12.7 Å². The number of carbonyl (C=O) groups is 1. The van der Waals surface area contributed by atoms with Gasteiger partial charge in [0.15, 0.2) is 0 Å². The van der Waals surface area contributed by atoms with Gasteiger partial charge in [-0.15, -0.1) is 13.2 Å². The fourth-order valence-corrected chi connectivity index (χ4v) is 2.36. The Morgan fingerprint density at radius 1 is 1.33 bits per heavy atom. The van der Waals surface area contributed by atoms with Crippen LogP contribution in [0.2, 0.25) is 0 Å². The Morgan fingerprint density at radius 2 is 1.90 bits per heavy atom. The van der Waals surface area contributed by atoms with Crippen molar-refractivity contribution < 1.29 is 41.1 Å². The predicted molar refractivity (Wildman–Crippen MR) is 62.0 cm³/mol. The molecule has 0 spiro atoms. The van der Waals surface area contributed by atoms with Crippen LogP contribution in [0.5, 0.6) is 5.75 Å². The molecule has 0 aromatic heterocycles. The molecule has 0 amide bonds. The van der Waals surface area contributed by atoms with Gasteiger partial charge >= 0.3 is 12.3 Å². The number of sulfonamides is 1. The first-order valence-electron chi connectivity index (χ1n) is 5.15. The van der Waals surface area contributed by atoms with Crippen LogP contribution in [0.3, 0.4) is 0 Å². The number of ether oxygens (including phenoxy) is 1. The minimum Gasteiger partial charge on any atom is -0.478 e. The van der Waals surface area contributed by atoms with E-state index in [0.29, 0.717) is 16.6 Å². The molecule has 1 rings (SSSR count). The summed E-state index contributed by atoms with van der Waals surface area (Å²) in [4.78, 5) is 14.3. The maximum absolute atomic E-state index is 12.3. The molecule has 0 saturated carbocycles. The van der Waals surface area contributed by atoms with Crippen molar-refractivity contribution in [1.29, 1.82) is 0 Å². The summed E-state index contributed by atoms with van der Waals surface area (Å²) in [5.41, 5.74) is -0.562. The van der Waals surface area contributed by atoms with Gasteiger partial charge in [-0.3, -0.25) is 4.84 Å². The second-order valence-electron chi connectivity index (χ2n) is 3.61. The van der Waals surface area contributed by atoms with Crippen LogP contribution in [0.15, 0.2) is 23.1 Å². The first-order valence-corrected chi connectivity index (χ1v) is 6.59. The Labute approximate surface area is 117 Å². The number of benzene rings is 1. The molecule has 0 fully saturated rings. The highest BCUT2D eigenvalue weighted by molar-refractivity contribution is 7.89. The second-order valence-corrected chi connectivity index (χ2v) is 5.52. The Morgan fingerprint density at radius 3 is 2.33 bits per heavy atom. The van der Waals surface area contributed by atoms with Gasteiger partial charge in [-0.25, -0.2) is 13.2 Å². The number of alkyl halides is 3. The Bertz CT molecular complexity index is 643. The summed E-state index contributed by atoms with van der Waals surface area (Å²) in [6.07, 6.45) is -5.19. The van der Waals surface area contributed by atoms with Crippen molar-refractivity contribution in [3.63, 3.8) is 0 Å². The molecule has 0 aliphatic rings. The van der Waals surface area contributed by atoms with Gasteiger partial charge in [0.2, 0.25) is 0 Å². The fraction of sp³-hybridized carbons (Fsp3) is 0.300. The number of hydrogen-bond donors (Lipinski definition) is 1. The topological polar surface area (TPSA) is 93.1 Å². The van der Waals surface area contributed by atoms with Gasteiger partial charge in [0.1, 0.15) is 10.6 Å². The van der Waals surface area contributed by atoms with Crippen molar-refractivity contribution in [2.75, 3.05) is 14.2 Å². The van der Waals surface area contributed by atoms with Gasteiger partial charge < -0.3 is 9.84 Å². The molecule has 11 heteroatoms. The molecule has 118 valence electrons. The third kappa shape index (κ3) is 4.06. The van der Waals surface area contributed by atoms with Crippen molar-refractivity contribution >= 4 is 16.0 Å². The van der Waals surface area contributed by atoms with E-state index in [1.165, 1.54) is 0 Å². The van der Waals surface area contributed by atoms with Crippen LogP contribution in [-0.2, 0) is 14.9 Å². The molecule has 1 aromatic rings. The molecule has 0 bridgehead atoms. The standard InChI is InChI=1S/C10H10F3NO6S/c1-14(19-2)21(17,18)8-4-3-6(9(15)16)5-7(8)20-10(11,12)13/h3-5H,1-2H3,(H,15,16). The minimum atomic E-state index is -5.19. The molecule has 0 unspecified atom stereocenters. The average molecular weight is 329 g/mol. The summed E-state index contributed by atoms with van der Waals surface area (Å²) < 4.78 is 64.8. The molecule has 7 nitrogen and oxygen atoms in total. The lowest BCUT2D eigenvalue weighted by Gasteiger charge is -2.18. The minimum absolute atomic E-state index is 0.312. The number of aromatic carboxylic acids is 1. The quantitative estimate of drug-likeness (QED) is 0.822. The normalized spacial score (nSPS) is 12.5. The third-order valence-corrected chi connectivity index (χ3v) is 4.01. The van der Waals surface area contributed by atoms with Gasteiger partial charge in [0.25, 0.3) is 10.0 Å². The van der Waals surface area contributed by atoms with Gasteiger partial charge in [-0.1, -0.05) is 4.47 Å². The van der Waals surface area contributed by atoms with Crippen LogP contribution < -0.4 is 4.74 Å². The van der Waals surface area contributed by atoms with Crippen molar-refractivity contribution in [2.45, 2.75) is 11.3 Å². The molecule has 21 heavy (non-hydrogen) atoms. The van der Waals surface area contributed by atoms with E-state index in [0.717, 1.165) is 20.2 Å². The van der Waals surface area contributed by atoms with E-state index in [2.05, 4.69) is 9.57 Å². The van der Waals surface area contributed by atoms with Crippen LogP contribution in [0.25, 0.3) is 0 Å². The number of hydroxylamine groups is 1. The highest BCUT2D eigenvalue weighted by atomic mass is 32.2. The molecule has 0 atom stereocenters. The van der Waals surface area contributed by atoms with E-state index in [-0.39, 0.29) is 0 Å². The highest BCUT2D eigenvalue weighted by Gasteiger charge is 2.35. The van der Waals surface area contributed by atoms with Crippen LogP contribution >= 0.6 is 0 Å². The summed E-state index contributed by atoms with van der Waals surface area (Å²) in [6, 6.07) is 1.99. The fourth-order valence-electron chi connectivity index (χ4n) is 1.30. The summed E-state index contributed by atoms with van der Waals surface area (Å²) in [6.45, 7) is 0. The van der Waals surface area contributed by atoms with E-state index in [4.69, 9.17) is 5.11 Å². The predicted octanol–water partition coefficient (Wildman–Crippen LogP) is 1.47. The van der Waals surface area contributed by atoms with Crippen molar-refractivity contribution in [1.82, 2.24) is 4.47 Å². The molecular formula is C10H10F3NO6S. The first-order chi connectivity index (χ1) is 9.49. The lowest BCUT2D eigenvalue weighted by Crippen LogP contribution is -2.27. The number of hydrogen-bond acceptors (Lipinski definition) is 5. The van der Waals surface area contributed by atoms with Crippen LogP contribution in [0.1, 0.15) is 10.4 Å². The third-order valence-electron chi connectivity index (χ3n) is 2.29. The smallest absolute Gasteiger partial charge is 0.478 e. The molecular weight excluding hydrogens is 319 g/mol. The lowest BCUT2D eigenvalue weighted by molar-refractivity contribution is -0.275. The summed E-state index contributed by atoms with van der Waals surface area (Å²) in [5, 5.41) is 8.74. The van der Waals surface area contributed by atoms with Crippen LogP contribution in [0, 0.1) is 0 Å². The highest BCUT2D eigenvalue weighted by Crippen LogP contribution is 2.32. The van der Waals surface area contributed by atoms with E-state index in [1.54, 1.807) is 0 Å². The van der Waals surface area contributed by atoms with E-state index >= 15 is 0 Å². The zero-order valence-electron chi connectivity index (χ0n) is 10.7. The lowest BCUT2D eigenvalue weighted by atomic mass is 10.2. The van der Waals surface area contributed by atoms with Crippen LogP contribution in [-0.4, -0.2) is 44.5 Å². The molecule has 0 heterocycles. The molecule has 0 radical (unpaired) electrons. The van der Waals surface area contributed by atoms with Crippen LogP contribution in [0.4, 0.5) is 13.2 Å². The zero-order chi connectivity index (χ0) is 16.4. The maximum atomic E-state index is 12.3. The first kappa shape index (κ1) is 17.2. The Hall–Kier alpha value is -1.85. The molecule has 0 saturated heterocycles. The van der Waals surface area contributed by atoms with E-state index in [1.807, 2.05) is 0 Å². The monoisotopic (exact) mass is 329 g/mol. The van der Waals surface area contributed by atoms with Gasteiger partial charge in [-0.05, 0) is 18.2 Å². The zero-order valence-corrected chi connectivity index (χ0v) is 11.5. The molecule has 1 aromatic carbocycles. The van der Waals surface area contributed by atoms with E-state index < -0.39 is 38.6 Å². The largest absolute Gasteiger partial charge is 0.573 e. The van der Waals surface area contributed by atoms with Gasteiger partial charge in [0, 0.05) is 7.05 Å². The molecule has 0 aliphatic heterocycles. The maximum Gasteiger partial charge on any atom is 0.573 e. The summed E-state index contributed by atoms with van der Waals surface area (Å²) in [7, 11) is -2.49. The number of rotatable bonds is 5. The second kappa shape index (κ2) is 5.87. The Balaban J connectivity index is 3.48.